The van der Waals surface area contributed by atoms with Gasteiger partial charge in [-0.15, -0.1) is 0 Å². The van der Waals surface area contributed by atoms with Gasteiger partial charge < -0.3 is 33.3 Å². The van der Waals surface area contributed by atoms with Gasteiger partial charge in [0.05, 0.1) is 40.3 Å². The van der Waals surface area contributed by atoms with Gasteiger partial charge in [-0.2, -0.15) is 0 Å². The van der Waals surface area contributed by atoms with Gasteiger partial charge in [0.15, 0.2) is 12.4 Å². The minimum atomic E-state index is -1.64. The largest absolute Gasteiger partial charge is 0.545 e. The van der Waals surface area contributed by atoms with Crippen LogP contribution in [-0.2, 0) is 33.3 Å². The van der Waals surface area contributed by atoms with Crippen molar-refractivity contribution < 1.29 is 42.9 Å². The van der Waals surface area contributed by atoms with Gasteiger partial charge in [-0.25, -0.2) is 0 Å². The number of carboxylic acid groups (broad SMARTS) is 1. The van der Waals surface area contributed by atoms with Crippen LogP contribution < -0.4 is 5.11 Å². The van der Waals surface area contributed by atoms with Gasteiger partial charge in [0, 0.05) is 12.8 Å². The van der Waals surface area contributed by atoms with Crippen molar-refractivity contribution in [3.8, 4) is 0 Å². The molecule has 2 atom stereocenters. The highest BCUT2D eigenvalue weighted by Crippen LogP contribution is 2.15. The van der Waals surface area contributed by atoms with Crippen molar-refractivity contribution in [3.63, 3.8) is 0 Å². The molecule has 0 aliphatic carbocycles. The summed E-state index contributed by atoms with van der Waals surface area (Å²) in [5, 5.41) is 11.8. The Morgan fingerprint density at radius 1 is 0.330 bits per heavy atom. The first-order valence-electron chi connectivity index (χ1n) is 35.6. The van der Waals surface area contributed by atoms with Crippen molar-refractivity contribution in [2.75, 3.05) is 47.5 Å². The summed E-state index contributed by atoms with van der Waals surface area (Å²) >= 11 is 0. The van der Waals surface area contributed by atoms with Crippen molar-refractivity contribution in [2.24, 2.45) is 0 Å². The molecule has 91 heavy (non-hydrogen) atoms. The van der Waals surface area contributed by atoms with E-state index in [9.17, 15) is 19.5 Å². The molecular weight excluding hydrogens is 1130 g/mol. The van der Waals surface area contributed by atoms with Crippen LogP contribution in [0.2, 0.25) is 0 Å². The molecule has 0 aromatic heterocycles. The van der Waals surface area contributed by atoms with Crippen LogP contribution in [0.15, 0.2) is 194 Å². The zero-order chi connectivity index (χ0) is 66.1. The number of quaternary nitrogens is 1. The molecule has 0 aromatic carbocycles. The Kier molecular flexibility index (Phi) is 65.5. The van der Waals surface area contributed by atoms with E-state index >= 15 is 0 Å². The maximum atomic E-state index is 12.9. The molecule has 0 N–H and O–H groups in total. The number of nitrogens with zero attached hydrogens (tertiary/aromatic N) is 1. The first kappa shape index (κ1) is 85.1. The highest BCUT2D eigenvalue weighted by Gasteiger charge is 2.22. The molecule has 0 heterocycles. The molecule has 0 spiro atoms. The van der Waals surface area contributed by atoms with Crippen molar-refractivity contribution in [1.29, 1.82) is 0 Å². The Labute approximate surface area is 557 Å². The summed E-state index contributed by atoms with van der Waals surface area (Å²) in [6, 6.07) is 0. The Hall–Kier alpha value is -5.87. The second kappa shape index (κ2) is 70.0. The van der Waals surface area contributed by atoms with E-state index in [1.165, 1.54) is 51.4 Å². The Morgan fingerprint density at radius 2 is 0.593 bits per heavy atom. The molecule has 0 rings (SSSR count). The maximum Gasteiger partial charge on any atom is 0.306 e. The van der Waals surface area contributed by atoms with Gasteiger partial charge in [0.25, 0.3) is 0 Å². The minimum absolute atomic E-state index is 0.134. The average Bonchev–Trinajstić information content (AvgIpc) is 3.50. The number of hydrogen-bond acceptors (Lipinski definition) is 8. The SMILES string of the molecule is CC/C=C\C/C=C\C/C=C\C/C=C\C/C=C\C/C=C\C/C=C\C/C=C\C/C=C\CCCCCCCCCCCC(=O)OC(COC(=O)CCCCCCCCC/C=C\C/C=C\C/C=C\C/C=C\C/C=C\C/C=C\C/C=C\CC)COC(OCC[N+](C)(C)C)C(=O)[O-]. The third-order valence-corrected chi connectivity index (χ3v) is 14.3. The molecule has 9 heteroatoms. The van der Waals surface area contributed by atoms with E-state index in [1.54, 1.807) is 0 Å². The number of esters is 2. The van der Waals surface area contributed by atoms with Crippen LogP contribution in [0.5, 0.6) is 0 Å². The number of ether oxygens (including phenoxy) is 4. The normalized spacial score (nSPS) is 13.9. The predicted molar refractivity (Wildman–Crippen MR) is 388 cm³/mol. The number of carbonyl (C=O) groups excluding carboxylic acids is 3. The Bertz CT molecular complexity index is 2200. The number of hydrogen-bond donors (Lipinski definition) is 0. The van der Waals surface area contributed by atoms with E-state index in [0.29, 0.717) is 23.9 Å². The van der Waals surface area contributed by atoms with Gasteiger partial charge >= 0.3 is 11.9 Å². The highest BCUT2D eigenvalue weighted by molar-refractivity contribution is 5.70. The number of allylic oxidation sites excluding steroid dienone is 32. The summed E-state index contributed by atoms with van der Waals surface area (Å²) in [5.41, 5.74) is 0. The Balaban J connectivity index is 4.23. The third-order valence-electron chi connectivity index (χ3n) is 14.3. The van der Waals surface area contributed by atoms with Gasteiger partial charge in [0.1, 0.15) is 13.2 Å². The van der Waals surface area contributed by atoms with E-state index < -0.39 is 24.3 Å². The fraction of sp³-hybridized carbons (Fsp3) is 0.573. The summed E-state index contributed by atoms with van der Waals surface area (Å²) in [5.74, 6) is -2.33. The second-order valence-electron chi connectivity index (χ2n) is 24.1. The fourth-order valence-corrected chi connectivity index (χ4v) is 8.98. The van der Waals surface area contributed by atoms with Gasteiger partial charge in [-0.3, -0.25) is 9.59 Å². The van der Waals surface area contributed by atoms with E-state index in [-0.39, 0.29) is 38.6 Å². The minimum Gasteiger partial charge on any atom is -0.545 e. The molecule has 0 aliphatic heterocycles. The lowest BCUT2D eigenvalue weighted by Gasteiger charge is -2.26. The van der Waals surface area contributed by atoms with E-state index in [0.717, 1.165) is 154 Å². The quantitative estimate of drug-likeness (QED) is 0.0195. The number of unbranched alkanes of at least 4 members (excludes halogenated alkanes) is 16. The molecule has 0 aromatic rings. The number of aliphatic carboxylic acids is 1. The predicted octanol–water partition coefficient (Wildman–Crippen LogP) is 21.2. The lowest BCUT2D eigenvalue weighted by atomic mass is 10.1. The first-order chi connectivity index (χ1) is 44.6. The van der Waals surface area contributed by atoms with Crippen LogP contribution in [0, 0.1) is 0 Å². The molecule has 0 bridgehead atoms. The standard InChI is InChI=1S/C82H129NO8/c1-6-8-10-12-14-16-18-20-22-24-26-28-30-32-34-36-37-38-39-40-41-42-43-45-47-49-51-53-55-57-59-61-63-65-67-69-71-73-80(85)91-78(77-90-82(81(86)87)88-75-74-83(3,4)5)76-89-79(84)72-70-68-66-64-62-60-58-56-54-52-50-48-46-44-35-33-31-29-27-25-23-21-19-17-15-13-11-9-7-2/h8-11,14-17,20-23,26-29,32-35,37-38,40-41,43,45-46,48-49,51-52,54,78,82H,6-7,12-13,18-19,24-25,30-31,36,39,42,44,47,50,53,55-77H2,1-5H3/b10-8-,11-9-,16-14-,17-15-,22-20-,23-21-,28-26-,29-27-,34-32-,35-33-,38-37-,41-40-,45-43-,48-46-,51-49-,54-52-. The van der Waals surface area contributed by atoms with Crippen LogP contribution in [-0.4, -0.2) is 82.3 Å². The molecule has 2 unspecified atom stereocenters. The monoisotopic (exact) mass is 1260 g/mol. The van der Waals surface area contributed by atoms with E-state index in [4.69, 9.17) is 18.9 Å². The molecule has 9 nitrogen and oxygen atoms in total. The van der Waals surface area contributed by atoms with Crippen molar-refractivity contribution in [2.45, 2.75) is 257 Å². The van der Waals surface area contributed by atoms with Crippen molar-refractivity contribution in [1.82, 2.24) is 0 Å². The molecule has 0 amide bonds. The lowest BCUT2D eigenvalue weighted by Crippen LogP contribution is -2.44. The van der Waals surface area contributed by atoms with Crippen molar-refractivity contribution >= 4 is 17.9 Å². The first-order valence-corrected chi connectivity index (χ1v) is 35.6. The molecule has 0 radical (unpaired) electrons. The molecule has 510 valence electrons. The summed E-state index contributed by atoms with van der Waals surface area (Å²) in [6.07, 6.45) is 105. The summed E-state index contributed by atoms with van der Waals surface area (Å²) < 4.78 is 22.8. The van der Waals surface area contributed by atoms with E-state index in [2.05, 4.69) is 208 Å². The molecule has 0 fully saturated rings. The second-order valence-corrected chi connectivity index (χ2v) is 24.1. The van der Waals surface area contributed by atoms with Gasteiger partial charge in [-0.05, 0) is 141 Å². The highest BCUT2D eigenvalue weighted by atomic mass is 16.7. The summed E-state index contributed by atoms with van der Waals surface area (Å²) in [6.45, 7) is 4.48. The van der Waals surface area contributed by atoms with Crippen LogP contribution in [0.1, 0.15) is 245 Å². The smallest absolute Gasteiger partial charge is 0.306 e. The average molecular weight is 1260 g/mol. The third kappa shape index (κ3) is 71.4. The topological polar surface area (TPSA) is 111 Å². The molecular formula is C82H129NO8. The van der Waals surface area contributed by atoms with Crippen LogP contribution >= 0.6 is 0 Å². The summed E-state index contributed by atoms with van der Waals surface area (Å²) in [7, 11) is 5.91. The zero-order valence-electron chi connectivity index (χ0n) is 58.1. The van der Waals surface area contributed by atoms with Crippen LogP contribution in [0.4, 0.5) is 0 Å². The van der Waals surface area contributed by atoms with Gasteiger partial charge in [-0.1, -0.05) is 285 Å². The molecule has 0 aliphatic rings. The molecule has 0 saturated heterocycles. The fourth-order valence-electron chi connectivity index (χ4n) is 8.98. The van der Waals surface area contributed by atoms with Gasteiger partial charge in [0.2, 0.25) is 0 Å². The van der Waals surface area contributed by atoms with Crippen LogP contribution in [0.25, 0.3) is 0 Å². The number of likely N-dealkylation sites (N-methyl/N-ethyl adjacent to an activating group) is 1. The maximum absolute atomic E-state index is 12.9. The number of rotatable bonds is 63. The molecule has 0 saturated carbocycles. The zero-order valence-corrected chi connectivity index (χ0v) is 58.1. The lowest BCUT2D eigenvalue weighted by molar-refractivity contribution is -0.870. The van der Waals surface area contributed by atoms with E-state index in [1.807, 2.05) is 21.1 Å². The summed E-state index contributed by atoms with van der Waals surface area (Å²) in [4.78, 5) is 37.5. The van der Waals surface area contributed by atoms with Crippen molar-refractivity contribution in [3.05, 3.63) is 194 Å². The van der Waals surface area contributed by atoms with Crippen LogP contribution in [0.3, 0.4) is 0 Å². The number of carboxylic acids is 1. The number of carbonyl (C=O) groups is 3. The Morgan fingerprint density at radius 3 is 0.879 bits per heavy atom.